The minimum atomic E-state index is -0.731. The van der Waals surface area contributed by atoms with Gasteiger partial charge < -0.3 is 20.2 Å². The van der Waals surface area contributed by atoms with Crippen molar-refractivity contribution >= 4 is 51.6 Å². The second-order valence-electron chi connectivity index (χ2n) is 7.14. The smallest absolute Gasteiger partial charge is 0.221 e. The van der Waals surface area contributed by atoms with Gasteiger partial charge in [-0.2, -0.15) is 0 Å². The fraction of sp³-hybridized carbons (Fsp3) is 0.130. The molecule has 0 radical (unpaired) electrons. The number of carbonyl (C=O) groups excluding carboxylic acids is 1. The molecule has 0 aliphatic heterocycles. The Balaban J connectivity index is 1.72. The Bertz CT molecular complexity index is 1320. The highest BCUT2D eigenvalue weighted by molar-refractivity contribution is 6.36. The Morgan fingerprint density at radius 2 is 1.94 bits per heavy atom. The van der Waals surface area contributed by atoms with Crippen molar-refractivity contribution in [3.63, 3.8) is 0 Å². The number of hydrogen-bond donors (Lipinski definition) is 2. The van der Waals surface area contributed by atoms with Crippen molar-refractivity contribution < 1.29 is 18.3 Å². The Morgan fingerprint density at radius 1 is 1.22 bits per heavy atom. The third-order valence-corrected chi connectivity index (χ3v) is 5.61. The molecule has 4 rings (SSSR count). The summed E-state index contributed by atoms with van der Waals surface area (Å²) in [5.41, 5.74) is 9.03. The van der Waals surface area contributed by atoms with Gasteiger partial charge in [0.05, 0.1) is 16.7 Å². The molecular formula is C23H18Cl2FN3O3. The first-order chi connectivity index (χ1) is 15.3. The van der Waals surface area contributed by atoms with E-state index in [0.717, 1.165) is 11.1 Å². The number of pyridine rings is 1. The quantitative estimate of drug-likeness (QED) is 0.317. The van der Waals surface area contributed by atoms with Crippen LogP contribution in [0.2, 0.25) is 10.0 Å². The molecule has 0 spiro atoms. The number of carbonyl (C=O) groups is 1. The van der Waals surface area contributed by atoms with Crippen molar-refractivity contribution in [3.05, 3.63) is 70.3 Å². The average Bonchev–Trinajstić information content (AvgIpc) is 3.17. The number of ether oxygens (including phenoxy) is 1. The standard InChI is InChI=1S/C23H18Cl2FN3O3/c1-11(19-17(24)7-8-18(26)20(19)25)32-22-21-15(9-28-23(22)27)16(10-31-21)13-3-5-14(6-4-13)29-12(2)30/h3-11H,1-2H3,(H2,27,28)(H,29,30). The molecule has 164 valence electrons. The Kier molecular flexibility index (Phi) is 5.95. The van der Waals surface area contributed by atoms with E-state index in [1.807, 2.05) is 12.1 Å². The summed E-state index contributed by atoms with van der Waals surface area (Å²) in [7, 11) is 0. The number of furan rings is 1. The highest BCUT2D eigenvalue weighted by Gasteiger charge is 2.23. The highest BCUT2D eigenvalue weighted by Crippen LogP contribution is 2.41. The molecule has 6 nitrogen and oxygen atoms in total. The maximum atomic E-state index is 14.0. The zero-order chi connectivity index (χ0) is 23.0. The Labute approximate surface area is 193 Å². The van der Waals surface area contributed by atoms with E-state index in [9.17, 15) is 9.18 Å². The van der Waals surface area contributed by atoms with Crippen LogP contribution in [0.5, 0.6) is 5.75 Å². The number of fused-ring (bicyclic) bond motifs is 1. The SMILES string of the molecule is CC(=O)Nc1ccc(-c2coc3c(OC(C)c4c(Cl)ccc(F)c4Cl)c(N)ncc23)cc1. The summed E-state index contributed by atoms with van der Waals surface area (Å²) in [6.45, 7) is 3.12. The van der Waals surface area contributed by atoms with Crippen molar-refractivity contribution in [2.24, 2.45) is 0 Å². The largest absolute Gasteiger partial charge is 0.478 e. The summed E-state index contributed by atoms with van der Waals surface area (Å²) in [6, 6.07) is 9.87. The number of anilines is 2. The lowest BCUT2D eigenvalue weighted by molar-refractivity contribution is -0.114. The van der Waals surface area contributed by atoms with Crippen LogP contribution in [-0.4, -0.2) is 10.9 Å². The van der Waals surface area contributed by atoms with E-state index < -0.39 is 11.9 Å². The first-order valence-electron chi connectivity index (χ1n) is 9.60. The number of rotatable bonds is 5. The summed E-state index contributed by atoms with van der Waals surface area (Å²) in [5.74, 6) is -0.447. The van der Waals surface area contributed by atoms with Gasteiger partial charge in [-0.3, -0.25) is 4.79 Å². The monoisotopic (exact) mass is 473 g/mol. The van der Waals surface area contributed by atoms with E-state index in [1.165, 1.54) is 19.1 Å². The van der Waals surface area contributed by atoms with E-state index in [0.29, 0.717) is 22.2 Å². The Morgan fingerprint density at radius 3 is 2.62 bits per heavy atom. The van der Waals surface area contributed by atoms with Crippen LogP contribution in [-0.2, 0) is 4.79 Å². The van der Waals surface area contributed by atoms with Crippen LogP contribution >= 0.6 is 23.2 Å². The molecule has 0 fully saturated rings. The number of nitrogens with two attached hydrogens (primary N) is 1. The van der Waals surface area contributed by atoms with Gasteiger partial charge in [-0.1, -0.05) is 35.3 Å². The normalized spacial score (nSPS) is 12.0. The van der Waals surface area contributed by atoms with E-state index >= 15 is 0 Å². The van der Waals surface area contributed by atoms with Crippen LogP contribution in [0.25, 0.3) is 22.1 Å². The summed E-state index contributed by atoms with van der Waals surface area (Å²) in [4.78, 5) is 15.5. The second kappa shape index (κ2) is 8.68. The van der Waals surface area contributed by atoms with E-state index in [4.69, 9.17) is 38.1 Å². The van der Waals surface area contributed by atoms with Gasteiger partial charge >= 0.3 is 0 Å². The van der Waals surface area contributed by atoms with Crippen LogP contribution in [0, 0.1) is 5.82 Å². The topological polar surface area (TPSA) is 90.4 Å². The molecule has 0 saturated carbocycles. The molecule has 1 unspecified atom stereocenters. The second-order valence-corrected chi connectivity index (χ2v) is 7.93. The summed E-state index contributed by atoms with van der Waals surface area (Å²) < 4.78 is 25.7. The molecule has 2 aromatic heterocycles. The van der Waals surface area contributed by atoms with Crippen molar-refractivity contribution in [2.75, 3.05) is 11.1 Å². The van der Waals surface area contributed by atoms with Gasteiger partial charge in [-0.15, -0.1) is 0 Å². The van der Waals surface area contributed by atoms with Gasteiger partial charge in [0.1, 0.15) is 11.9 Å². The molecule has 4 aromatic rings. The molecule has 0 bridgehead atoms. The van der Waals surface area contributed by atoms with Crippen molar-refractivity contribution in [1.29, 1.82) is 0 Å². The third-order valence-electron chi connectivity index (χ3n) is 4.90. The number of aromatic nitrogens is 1. The molecule has 32 heavy (non-hydrogen) atoms. The van der Waals surface area contributed by atoms with Crippen LogP contribution in [0.15, 0.2) is 53.3 Å². The van der Waals surface area contributed by atoms with Gasteiger partial charge in [0.2, 0.25) is 11.7 Å². The third kappa shape index (κ3) is 4.09. The van der Waals surface area contributed by atoms with Crippen molar-refractivity contribution in [1.82, 2.24) is 4.98 Å². The van der Waals surface area contributed by atoms with Gasteiger partial charge in [-0.25, -0.2) is 9.37 Å². The fourth-order valence-electron chi connectivity index (χ4n) is 3.41. The maximum absolute atomic E-state index is 14.0. The molecule has 1 atom stereocenters. The number of hydrogen-bond acceptors (Lipinski definition) is 5. The molecule has 2 aromatic carbocycles. The predicted octanol–water partition coefficient (Wildman–Crippen LogP) is 6.62. The van der Waals surface area contributed by atoms with E-state index in [1.54, 1.807) is 31.5 Å². The maximum Gasteiger partial charge on any atom is 0.221 e. The number of nitrogen functional groups attached to an aromatic ring is 1. The minimum Gasteiger partial charge on any atom is -0.478 e. The summed E-state index contributed by atoms with van der Waals surface area (Å²) in [5, 5.41) is 3.54. The lowest BCUT2D eigenvalue weighted by Crippen LogP contribution is -2.08. The van der Waals surface area contributed by atoms with Gasteiger partial charge in [0, 0.05) is 35.0 Å². The van der Waals surface area contributed by atoms with Crippen LogP contribution in [0.1, 0.15) is 25.5 Å². The van der Waals surface area contributed by atoms with Crippen LogP contribution < -0.4 is 15.8 Å². The lowest BCUT2D eigenvalue weighted by atomic mass is 10.1. The van der Waals surface area contributed by atoms with Crippen molar-refractivity contribution in [3.8, 4) is 16.9 Å². The highest BCUT2D eigenvalue weighted by atomic mass is 35.5. The van der Waals surface area contributed by atoms with E-state index in [2.05, 4.69) is 10.3 Å². The number of amides is 1. The number of benzene rings is 2. The van der Waals surface area contributed by atoms with Gasteiger partial charge in [0.15, 0.2) is 11.4 Å². The zero-order valence-corrected chi connectivity index (χ0v) is 18.6. The molecule has 0 aliphatic carbocycles. The Hall–Kier alpha value is -3.29. The number of nitrogens with one attached hydrogen (secondary N) is 1. The summed E-state index contributed by atoms with van der Waals surface area (Å²) in [6.07, 6.45) is 2.43. The summed E-state index contributed by atoms with van der Waals surface area (Å²) >= 11 is 12.3. The predicted molar refractivity (Wildman–Crippen MR) is 124 cm³/mol. The number of halogens is 3. The van der Waals surface area contributed by atoms with Crippen molar-refractivity contribution in [2.45, 2.75) is 20.0 Å². The lowest BCUT2D eigenvalue weighted by Gasteiger charge is -2.18. The van der Waals surface area contributed by atoms with Crippen LogP contribution in [0.4, 0.5) is 15.9 Å². The first kappa shape index (κ1) is 21.9. The molecule has 2 heterocycles. The molecule has 3 N–H and O–H groups in total. The molecule has 1 amide bonds. The molecule has 9 heteroatoms. The molecular weight excluding hydrogens is 456 g/mol. The van der Waals surface area contributed by atoms with Crippen LogP contribution in [0.3, 0.4) is 0 Å². The fourth-order valence-corrected chi connectivity index (χ4v) is 4.08. The average molecular weight is 474 g/mol. The first-order valence-corrected chi connectivity index (χ1v) is 10.4. The van der Waals surface area contributed by atoms with Gasteiger partial charge in [0.25, 0.3) is 0 Å². The zero-order valence-electron chi connectivity index (χ0n) is 17.1. The number of nitrogens with zero attached hydrogens (tertiary/aromatic N) is 1. The van der Waals surface area contributed by atoms with E-state index in [-0.39, 0.29) is 27.5 Å². The van der Waals surface area contributed by atoms with Gasteiger partial charge in [-0.05, 0) is 36.8 Å². The minimum absolute atomic E-state index is 0.106. The molecule has 0 saturated heterocycles. The molecule has 0 aliphatic rings.